The maximum Gasteiger partial charge on any atom is 0.0825 e. The van der Waals surface area contributed by atoms with Crippen molar-refractivity contribution in [2.24, 2.45) is 5.73 Å². The summed E-state index contributed by atoms with van der Waals surface area (Å²) in [6, 6.07) is 6.22. The predicted octanol–water partition coefficient (Wildman–Crippen LogP) is 2.17. The molecule has 0 aliphatic carbocycles. The largest absolute Gasteiger partial charge is 0.388 e. The zero-order valence-corrected chi connectivity index (χ0v) is 9.75. The minimum absolute atomic E-state index is 0.471. The second kappa shape index (κ2) is 4.28. The van der Waals surface area contributed by atoms with Crippen molar-refractivity contribution in [1.29, 1.82) is 0 Å². The van der Waals surface area contributed by atoms with Crippen molar-refractivity contribution in [2.75, 3.05) is 6.54 Å². The van der Waals surface area contributed by atoms with Crippen molar-refractivity contribution in [3.63, 3.8) is 0 Å². The third-order valence-corrected chi connectivity index (χ3v) is 2.96. The number of hydrogen-bond donors (Lipinski definition) is 3. The Hall–Kier alpha value is -1.32. The van der Waals surface area contributed by atoms with Crippen molar-refractivity contribution < 1.29 is 5.11 Å². The molecule has 0 aliphatic heterocycles. The summed E-state index contributed by atoms with van der Waals surface area (Å²) >= 11 is 0. The maximum absolute atomic E-state index is 10.1. The summed E-state index contributed by atoms with van der Waals surface area (Å²) in [6.07, 6.45) is 0.128. The van der Waals surface area contributed by atoms with E-state index in [1.165, 1.54) is 5.56 Å². The number of aryl methyl sites for hydroxylation is 2. The Morgan fingerprint density at radius 2 is 2.12 bits per heavy atom. The van der Waals surface area contributed by atoms with E-state index in [0.717, 1.165) is 22.2 Å². The van der Waals surface area contributed by atoms with Crippen LogP contribution in [0.5, 0.6) is 0 Å². The molecule has 16 heavy (non-hydrogen) atoms. The number of aromatic nitrogens is 1. The van der Waals surface area contributed by atoms with Gasteiger partial charge in [0.05, 0.1) is 6.10 Å². The summed E-state index contributed by atoms with van der Waals surface area (Å²) in [5, 5.41) is 11.2. The molecule has 1 atom stereocenters. The molecule has 0 saturated heterocycles. The molecule has 0 fully saturated rings. The number of aromatic amines is 1. The van der Waals surface area contributed by atoms with Crippen LogP contribution < -0.4 is 5.73 Å². The quantitative estimate of drug-likeness (QED) is 0.739. The van der Waals surface area contributed by atoms with Crippen molar-refractivity contribution >= 4 is 10.9 Å². The lowest BCUT2D eigenvalue weighted by Gasteiger charge is -2.09. The molecule has 0 aliphatic rings. The first-order chi connectivity index (χ1) is 7.63. The summed E-state index contributed by atoms with van der Waals surface area (Å²) in [7, 11) is 0. The van der Waals surface area contributed by atoms with Crippen molar-refractivity contribution in [1.82, 2.24) is 4.98 Å². The molecule has 86 valence electrons. The summed E-state index contributed by atoms with van der Waals surface area (Å²) in [5.41, 5.74) is 9.80. The van der Waals surface area contributed by atoms with Crippen LogP contribution in [0.2, 0.25) is 0 Å². The zero-order valence-electron chi connectivity index (χ0n) is 9.75. The molecule has 1 heterocycles. The number of rotatable bonds is 3. The number of aliphatic hydroxyl groups is 1. The van der Waals surface area contributed by atoms with E-state index in [9.17, 15) is 5.11 Å². The Balaban J connectivity index is 2.55. The van der Waals surface area contributed by atoms with Gasteiger partial charge in [0.15, 0.2) is 0 Å². The number of benzene rings is 1. The van der Waals surface area contributed by atoms with Gasteiger partial charge in [-0.25, -0.2) is 0 Å². The lowest BCUT2D eigenvalue weighted by molar-refractivity contribution is 0.171. The van der Waals surface area contributed by atoms with Gasteiger partial charge in [-0.15, -0.1) is 0 Å². The van der Waals surface area contributed by atoms with Gasteiger partial charge < -0.3 is 15.8 Å². The van der Waals surface area contributed by atoms with E-state index in [1.54, 1.807) is 0 Å². The first-order valence-electron chi connectivity index (χ1n) is 5.60. The van der Waals surface area contributed by atoms with Gasteiger partial charge in [0.1, 0.15) is 0 Å². The average molecular weight is 218 g/mol. The van der Waals surface area contributed by atoms with E-state index in [1.807, 2.05) is 6.92 Å². The van der Waals surface area contributed by atoms with Crippen LogP contribution in [0.3, 0.4) is 0 Å². The first-order valence-corrected chi connectivity index (χ1v) is 5.60. The van der Waals surface area contributed by atoms with Gasteiger partial charge in [0, 0.05) is 22.2 Å². The lowest BCUT2D eigenvalue weighted by Crippen LogP contribution is -2.07. The molecule has 2 rings (SSSR count). The molecule has 1 aromatic heterocycles. The minimum atomic E-state index is -0.471. The highest BCUT2D eigenvalue weighted by atomic mass is 16.3. The van der Waals surface area contributed by atoms with Gasteiger partial charge >= 0.3 is 0 Å². The molecule has 0 saturated carbocycles. The van der Waals surface area contributed by atoms with Gasteiger partial charge in [0.25, 0.3) is 0 Å². The summed E-state index contributed by atoms with van der Waals surface area (Å²) < 4.78 is 0. The summed E-state index contributed by atoms with van der Waals surface area (Å²) in [5.74, 6) is 0. The van der Waals surface area contributed by atoms with Gasteiger partial charge in [-0.2, -0.15) is 0 Å². The van der Waals surface area contributed by atoms with Gasteiger partial charge in [-0.3, -0.25) is 0 Å². The van der Waals surface area contributed by atoms with E-state index >= 15 is 0 Å². The van der Waals surface area contributed by atoms with Gasteiger partial charge in [-0.05, 0) is 38.4 Å². The minimum Gasteiger partial charge on any atom is -0.388 e. The van der Waals surface area contributed by atoms with Crippen LogP contribution in [0.4, 0.5) is 0 Å². The van der Waals surface area contributed by atoms with Gasteiger partial charge in [-0.1, -0.05) is 12.1 Å². The van der Waals surface area contributed by atoms with Crippen molar-refractivity contribution in [2.45, 2.75) is 26.4 Å². The van der Waals surface area contributed by atoms with E-state index in [-0.39, 0.29) is 0 Å². The normalized spacial score (nSPS) is 13.2. The number of nitrogens with two attached hydrogens (primary N) is 1. The Bertz CT molecular complexity index is 502. The number of H-pyrrole nitrogens is 1. The topological polar surface area (TPSA) is 62.0 Å². The summed E-state index contributed by atoms with van der Waals surface area (Å²) in [4.78, 5) is 3.31. The molecule has 0 amide bonds. The molecule has 4 N–H and O–H groups in total. The van der Waals surface area contributed by atoms with E-state index in [0.29, 0.717) is 13.0 Å². The molecule has 0 bridgehead atoms. The van der Waals surface area contributed by atoms with E-state index in [4.69, 9.17) is 5.73 Å². The van der Waals surface area contributed by atoms with E-state index < -0.39 is 6.10 Å². The molecular formula is C13H18N2O. The second-order valence-corrected chi connectivity index (χ2v) is 4.31. The van der Waals surface area contributed by atoms with Crippen LogP contribution in [-0.2, 0) is 0 Å². The van der Waals surface area contributed by atoms with Crippen LogP contribution in [0, 0.1) is 13.8 Å². The zero-order chi connectivity index (χ0) is 11.7. The molecular weight excluding hydrogens is 200 g/mol. The van der Waals surface area contributed by atoms with E-state index in [2.05, 4.69) is 30.1 Å². The third-order valence-electron chi connectivity index (χ3n) is 2.96. The number of nitrogens with one attached hydrogen (secondary N) is 1. The summed E-state index contributed by atoms with van der Waals surface area (Å²) in [6.45, 7) is 4.55. The fourth-order valence-corrected chi connectivity index (χ4v) is 2.20. The Labute approximate surface area is 95.3 Å². The molecule has 0 radical (unpaired) electrons. The first kappa shape index (κ1) is 11.2. The van der Waals surface area contributed by atoms with Crippen molar-refractivity contribution in [3.8, 4) is 0 Å². The van der Waals surface area contributed by atoms with Crippen molar-refractivity contribution in [3.05, 3.63) is 35.0 Å². The average Bonchev–Trinajstić information content (AvgIpc) is 2.53. The highest BCUT2D eigenvalue weighted by Crippen LogP contribution is 2.29. The van der Waals surface area contributed by atoms with Crippen LogP contribution >= 0.6 is 0 Å². The Kier molecular flexibility index (Phi) is 2.99. The fourth-order valence-electron chi connectivity index (χ4n) is 2.20. The number of aliphatic hydroxyl groups excluding tert-OH is 1. The number of fused-ring (bicyclic) bond motifs is 1. The molecule has 1 unspecified atom stereocenters. The highest BCUT2D eigenvalue weighted by Gasteiger charge is 2.15. The highest BCUT2D eigenvalue weighted by molar-refractivity contribution is 5.85. The molecule has 2 aromatic rings. The standard InChI is InChI=1S/C13H18N2O/c1-8-3-4-10-11(7-8)15-9(2)13(10)12(16)5-6-14/h3-4,7,12,15-16H,5-6,14H2,1-2H3. The fraction of sp³-hybridized carbons (Fsp3) is 0.385. The SMILES string of the molecule is Cc1ccc2c(C(O)CCN)c(C)[nH]c2c1. The lowest BCUT2D eigenvalue weighted by atomic mass is 10.0. The number of hydrogen-bond acceptors (Lipinski definition) is 2. The van der Waals surface area contributed by atoms with Crippen LogP contribution in [0.15, 0.2) is 18.2 Å². The Morgan fingerprint density at radius 3 is 2.81 bits per heavy atom. The monoisotopic (exact) mass is 218 g/mol. The molecule has 1 aromatic carbocycles. The molecule has 3 heteroatoms. The molecule has 0 spiro atoms. The van der Waals surface area contributed by atoms with Crippen LogP contribution in [0.1, 0.15) is 29.3 Å². The van der Waals surface area contributed by atoms with Crippen LogP contribution in [-0.4, -0.2) is 16.6 Å². The predicted molar refractivity (Wildman–Crippen MR) is 66.4 cm³/mol. The molecule has 3 nitrogen and oxygen atoms in total. The van der Waals surface area contributed by atoms with Gasteiger partial charge in [0.2, 0.25) is 0 Å². The Morgan fingerprint density at radius 1 is 1.38 bits per heavy atom. The maximum atomic E-state index is 10.1. The smallest absolute Gasteiger partial charge is 0.0825 e. The second-order valence-electron chi connectivity index (χ2n) is 4.31. The third kappa shape index (κ3) is 1.84. The van der Waals surface area contributed by atoms with Crippen LogP contribution in [0.25, 0.3) is 10.9 Å².